The third-order valence-corrected chi connectivity index (χ3v) is 16.9. The second-order valence-corrected chi connectivity index (χ2v) is 23.9. The Morgan fingerprint density at radius 2 is 1.01 bits per heavy atom. The summed E-state index contributed by atoms with van der Waals surface area (Å²) in [5.74, 6) is 6.78. The van der Waals surface area contributed by atoms with Crippen molar-refractivity contribution >= 4 is 0 Å². The molecular weight excluding hydrogens is 873 g/mol. The first-order valence-corrected chi connectivity index (χ1v) is 28.0. The molecule has 0 aliphatic carbocycles. The molecule has 7 aromatic rings. The Balaban J connectivity index is 1.33. The van der Waals surface area contributed by atoms with E-state index >= 15 is 0 Å². The van der Waals surface area contributed by atoms with Crippen LogP contribution in [-0.2, 0) is 18.3 Å². The molecule has 0 bridgehead atoms. The van der Waals surface area contributed by atoms with Crippen LogP contribution in [0.5, 0.6) is 0 Å². The van der Waals surface area contributed by atoms with Crippen LogP contribution >= 0.6 is 0 Å². The summed E-state index contributed by atoms with van der Waals surface area (Å²) in [5.41, 5.74) is 15.8. The molecule has 0 spiro atoms. The highest BCUT2D eigenvalue weighted by Crippen LogP contribution is 2.45. The molecule has 0 saturated heterocycles. The molecule has 0 amide bonds. The molecule has 3 unspecified atom stereocenters. The number of rotatable bonds is 22. The number of benzene rings is 5. The third kappa shape index (κ3) is 11.5. The lowest BCUT2D eigenvalue weighted by atomic mass is 9.70. The van der Waals surface area contributed by atoms with E-state index in [0.29, 0.717) is 53.3 Å². The Morgan fingerprint density at radius 3 is 1.57 bits per heavy atom. The van der Waals surface area contributed by atoms with Gasteiger partial charge in [-0.25, -0.2) is 9.97 Å². The van der Waals surface area contributed by atoms with Gasteiger partial charge in [0.2, 0.25) is 0 Å². The zero-order valence-electron chi connectivity index (χ0n) is 47.3. The normalized spacial score (nSPS) is 14.1. The standard InChI is InChI=1S/C68H90N4/c1-17-55(45(5)6)58-32-26-33-59(56(18-2)46(7)8)65(58)72-38-36-70-67(72)60-31-24-25-34-63(60)68(15,16)50(14)40-52-29-22-23-30-57(52)66-69-35-37-71(66)64-54(43-61(47(9)10)48(11)12)41-53(51-27-20-19-21-28-51)42-62(64)49(13)39-44(3)4/h19-38,41-42,44-50,55-56,61H,17-18,39-40,43H2,1-16H3/t49?,50-,55?,56?/m1/s1. The summed E-state index contributed by atoms with van der Waals surface area (Å²) in [6.45, 7) is 38.4. The molecule has 4 nitrogen and oxygen atoms in total. The molecule has 0 aliphatic heterocycles. The fraction of sp³-hybridized carbons (Fsp3) is 0.471. The summed E-state index contributed by atoms with van der Waals surface area (Å²) in [7, 11) is 0. The van der Waals surface area contributed by atoms with Gasteiger partial charge in [0.15, 0.2) is 0 Å². The molecule has 4 heteroatoms. The lowest BCUT2D eigenvalue weighted by molar-refractivity contribution is 0.286. The van der Waals surface area contributed by atoms with Crippen molar-refractivity contribution in [2.24, 2.45) is 41.4 Å². The van der Waals surface area contributed by atoms with Crippen LogP contribution in [0.15, 0.2) is 134 Å². The smallest absolute Gasteiger partial charge is 0.144 e. The maximum atomic E-state index is 5.29. The first-order valence-electron chi connectivity index (χ1n) is 28.0. The summed E-state index contributed by atoms with van der Waals surface area (Å²) in [4.78, 5) is 10.6. The highest BCUT2D eigenvalue weighted by atomic mass is 15.1. The Kier molecular flexibility index (Phi) is 17.8. The number of imidazole rings is 2. The molecule has 382 valence electrons. The van der Waals surface area contributed by atoms with Gasteiger partial charge in [-0.05, 0) is 153 Å². The van der Waals surface area contributed by atoms with Gasteiger partial charge in [0.1, 0.15) is 11.6 Å². The van der Waals surface area contributed by atoms with Gasteiger partial charge in [0, 0.05) is 35.9 Å². The zero-order chi connectivity index (χ0) is 52.0. The number of hydrogen-bond donors (Lipinski definition) is 0. The molecular formula is C68H90N4. The van der Waals surface area contributed by atoms with Gasteiger partial charge >= 0.3 is 0 Å². The number of para-hydroxylation sites is 1. The molecule has 4 atom stereocenters. The Morgan fingerprint density at radius 1 is 0.486 bits per heavy atom. The van der Waals surface area contributed by atoms with Crippen LogP contribution < -0.4 is 0 Å². The van der Waals surface area contributed by atoms with Crippen LogP contribution in [0.2, 0.25) is 0 Å². The van der Waals surface area contributed by atoms with E-state index in [1.165, 1.54) is 67.0 Å². The second-order valence-electron chi connectivity index (χ2n) is 23.9. The van der Waals surface area contributed by atoms with E-state index in [4.69, 9.17) is 9.97 Å². The molecule has 2 aromatic heterocycles. The average Bonchev–Trinajstić information content (AvgIpc) is 4.04. The highest BCUT2D eigenvalue weighted by molar-refractivity contribution is 5.72. The Labute approximate surface area is 437 Å². The van der Waals surface area contributed by atoms with Gasteiger partial charge in [-0.15, -0.1) is 0 Å². The summed E-state index contributed by atoms with van der Waals surface area (Å²) in [5, 5.41) is 0. The second kappa shape index (κ2) is 23.6. The van der Waals surface area contributed by atoms with Gasteiger partial charge in [-0.2, -0.15) is 0 Å². The SMILES string of the molecule is CCC(c1cccc(C(CC)C(C)C)c1-n1ccnc1-c1ccccc1C(C)(C)[C@H](C)Cc1ccccc1-c1nccn1-c1c(CC(C(C)C)C(C)C)cc(-c2ccccc2)cc1C(C)CC(C)C)C(C)C. The summed E-state index contributed by atoms with van der Waals surface area (Å²) in [6, 6.07) is 41.3. The van der Waals surface area contributed by atoms with Crippen LogP contribution in [0.25, 0.3) is 45.3 Å². The topological polar surface area (TPSA) is 35.6 Å². The first kappa shape index (κ1) is 54.3. The predicted molar refractivity (Wildman–Crippen MR) is 310 cm³/mol. The monoisotopic (exact) mass is 963 g/mol. The predicted octanol–water partition coefficient (Wildman–Crippen LogP) is 19.1. The Hall–Kier alpha value is -5.48. The van der Waals surface area contributed by atoms with Crippen LogP contribution in [0, 0.1) is 41.4 Å². The molecule has 7 rings (SSSR count). The van der Waals surface area contributed by atoms with E-state index in [1.54, 1.807) is 0 Å². The molecule has 0 aliphatic rings. The van der Waals surface area contributed by atoms with Crippen molar-refractivity contribution in [3.63, 3.8) is 0 Å². The minimum atomic E-state index is -0.214. The number of hydrogen-bond acceptors (Lipinski definition) is 2. The fourth-order valence-electron chi connectivity index (χ4n) is 12.6. The van der Waals surface area contributed by atoms with E-state index in [-0.39, 0.29) is 11.3 Å². The van der Waals surface area contributed by atoms with Crippen molar-refractivity contribution in [2.75, 3.05) is 0 Å². The number of aromatic nitrogens is 4. The molecule has 0 saturated carbocycles. The van der Waals surface area contributed by atoms with E-state index in [0.717, 1.165) is 43.8 Å². The van der Waals surface area contributed by atoms with Gasteiger partial charge in [0.05, 0.1) is 11.4 Å². The summed E-state index contributed by atoms with van der Waals surface area (Å²) < 4.78 is 4.92. The van der Waals surface area contributed by atoms with Crippen molar-refractivity contribution in [3.8, 4) is 45.3 Å². The minimum absolute atomic E-state index is 0.214. The van der Waals surface area contributed by atoms with E-state index < -0.39 is 0 Å². The lowest BCUT2D eigenvalue weighted by Crippen LogP contribution is -2.29. The Bertz CT molecular complexity index is 2790. The maximum absolute atomic E-state index is 5.29. The molecule has 72 heavy (non-hydrogen) atoms. The van der Waals surface area contributed by atoms with Gasteiger partial charge in [-0.3, -0.25) is 9.13 Å². The largest absolute Gasteiger partial charge is 0.299 e. The van der Waals surface area contributed by atoms with E-state index in [1.807, 2.05) is 12.4 Å². The minimum Gasteiger partial charge on any atom is -0.299 e. The quantitative estimate of drug-likeness (QED) is 0.0679. The highest BCUT2D eigenvalue weighted by Gasteiger charge is 2.34. The molecule has 5 aromatic carbocycles. The van der Waals surface area contributed by atoms with Crippen molar-refractivity contribution in [1.82, 2.24) is 19.1 Å². The van der Waals surface area contributed by atoms with Gasteiger partial charge in [0.25, 0.3) is 0 Å². The van der Waals surface area contributed by atoms with Crippen LogP contribution in [-0.4, -0.2) is 19.1 Å². The van der Waals surface area contributed by atoms with Crippen molar-refractivity contribution in [2.45, 2.75) is 166 Å². The fourth-order valence-corrected chi connectivity index (χ4v) is 12.6. The first-order chi connectivity index (χ1) is 34.4. The van der Waals surface area contributed by atoms with Crippen molar-refractivity contribution in [3.05, 3.63) is 167 Å². The summed E-state index contributed by atoms with van der Waals surface area (Å²) in [6.07, 6.45) is 13.7. The molecule has 0 radical (unpaired) electrons. The summed E-state index contributed by atoms with van der Waals surface area (Å²) >= 11 is 0. The molecule has 2 heterocycles. The number of nitrogens with zero attached hydrogens (tertiary/aromatic N) is 4. The van der Waals surface area contributed by atoms with Crippen molar-refractivity contribution in [1.29, 1.82) is 0 Å². The molecule has 0 N–H and O–H groups in total. The van der Waals surface area contributed by atoms with Crippen molar-refractivity contribution < 1.29 is 0 Å². The van der Waals surface area contributed by atoms with Crippen LogP contribution in [0.1, 0.15) is 181 Å². The maximum Gasteiger partial charge on any atom is 0.144 e. The molecule has 0 fully saturated rings. The average molecular weight is 963 g/mol. The van der Waals surface area contributed by atoms with Crippen LogP contribution in [0.4, 0.5) is 0 Å². The van der Waals surface area contributed by atoms with Crippen LogP contribution in [0.3, 0.4) is 0 Å². The van der Waals surface area contributed by atoms with E-state index in [9.17, 15) is 0 Å². The van der Waals surface area contributed by atoms with E-state index in [2.05, 4.69) is 242 Å². The lowest BCUT2D eigenvalue weighted by Gasteiger charge is -2.35. The third-order valence-electron chi connectivity index (χ3n) is 16.9. The zero-order valence-corrected chi connectivity index (χ0v) is 47.3. The van der Waals surface area contributed by atoms with Gasteiger partial charge < -0.3 is 0 Å². The van der Waals surface area contributed by atoms with Gasteiger partial charge in [-0.1, -0.05) is 208 Å².